The minimum atomic E-state index is -4.62. The number of rotatable bonds is 4. The maximum absolute atomic E-state index is 12.0. The van der Waals surface area contributed by atoms with Gasteiger partial charge in [-0.3, -0.25) is 9.97 Å². The molecule has 9 nitrogen and oxygen atoms in total. The van der Waals surface area contributed by atoms with Gasteiger partial charge in [0, 0.05) is 55.9 Å². The van der Waals surface area contributed by atoms with Gasteiger partial charge in [0.1, 0.15) is 0 Å². The maximum Gasteiger partial charge on any atom is 0.478 e. The number of halogens is 3. The molecule has 0 saturated heterocycles. The monoisotopic (exact) mass is 453 g/mol. The van der Waals surface area contributed by atoms with Gasteiger partial charge < -0.3 is 27.1 Å². The van der Waals surface area contributed by atoms with E-state index < -0.39 is 11.9 Å². The smallest absolute Gasteiger partial charge is 0.478 e. The Morgan fingerprint density at radius 2 is 1.56 bits per heavy atom. The van der Waals surface area contributed by atoms with Crippen molar-refractivity contribution in [1.29, 1.82) is 0 Å². The molecule has 3 aromatic heterocycles. The molecule has 0 radical (unpaired) electrons. The lowest BCUT2D eigenvalue weighted by molar-refractivity contribution is -0.629. The van der Waals surface area contributed by atoms with E-state index in [9.17, 15) is 18.4 Å². The molecule has 3 aromatic rings. The minimum absolute atomic E-state index is 0.0420. The molecule has 0 aliphatic rings. The van der Waals surface area contributed by atoms with E-state index in [1.54, 1.807) is 31.8 Å². The van der Waals surface area contributed by atoms with E-state index in [0.717, 1.165) is 29.2 Å². The fourth-order valence-corrected chi connectivity index (χ4v) is 2.04. The summed E-state index contributed by atoms with van der Waals surface area (Å²) in [6, 6.07) is 5.58. The maximum atomic E-state index is 12.0. The van der Waals surface area contributed by atoms with Gasteiger partial charge >= 0.3 is 6.18 Å². The minimum Gasteiger partial charge on any atom is -0.618 e. The van der Waals surface area contributed by atoms with Gasteiger partial charge in [-0.1, -0.05) is 6.07 Å². The topological polar surface area (TPSA) is 153 Å². The highest BCUT2D eigenvalue weighted by Gasteiger charge is 2.39. The lowest BCUT2D eigenvalue weighted by Gasteiger charge is -2.07. The summed E-state index contributed by atoms with van der Waals surface area (Å²) in [4.78, 5) is 12.0. The highest BCUT2D eigenvalue weighted by Crippen LogP contribution is 2.26. The van der Waals surface area contributed by atoms with Crippen molar-refractivity contribution in [3.05, 3.63) is 82.5 Å². The van der Waals surface area contributed by atoms with Crippen LogP contribution in [0.2, 0.25) is 0 Å². The molecule has 32 heavy (non-hydrogen) atoms. The molecule has 0 unspecified atom stereocenters. The Bertz CT molecular complexity index is 914. The molecule has 0 atom stereocenters. The third-order valence-electron chi connectivity index (χ3n) is 3.79. The van der Waals surface area contributed by atoms with Crippen LogP contribution in [-0.2, 0) is 25.8 Å². The van der Waals surface area contributed by atoms with Crippen LogP contribution in [0.1, 0.15) is 28.2 Å². The first-order chi connectivity index (χ1) is 15.1. The van der Waals surface area contributed by atoms with Crippen molar-refractivity contribution in [1.82, 2.24) is 15.0 Å². The van der Waals surface area contributed by atoms with Gasteiger partial charge in [-0.25, -0.2) is 4.98 Å². The van der Waals surface area contributed by atoms with Gasteiger partial charge in [-0.2, -0.15) is 17.9 Å². The average molecular weight is 453 g/mol. The van der Waals surface area contributed by atoms with Crippen LogP contribution in [0.3, 0.4) is 0 Å². The largest absolute Gasteiger partial charge is 0.618 e. The van der Waals surface area contributed by atoms with Gasteiger partial charge in [-0.15, -0.1) is 0 Å². The molecule has 0 aliphatic carbocycles. The molecule has 0 aromatic carbocycles. The first-order valence-electron chi connectivity index (χ1n) is 9.30. The van der Waals surface area contributed by atoms with Crippen molar-refractivity contribution in [2.24, 2.45) is 17.2 Å². The Balaban J connectivity index is 0.000000245. The lowest BCUT2D eigenvalue weighted by Crippen LogP contribution is -2.36. The van der Waals surface area contributed by atoms with E-state index in [-0.39, 0.29) is 11.3 Å². The Morgan fingerprint density at radius 3 is 1.97 bits per heavy atom. The van der Waals surface area contributed by atoms with E-state index in [1.807, 2.05) is 13.0 Å². The third kappa shape index (κ3) is 9.20. The Hall–Kier alpha value is -3.35. The molecule has 0 spiro atoms. The molecule has 3 rings (SSSR count). The number of alkyl halides is 3. The Morgan fingerprint density at radius 1 is 0.906 bits per heavy atom. The second-order valence-electron chi connectivity index (χ2n) is 6.22. The number of methoxy groups -OCH3 is 1. The van der Waals surface area contributed by atoms with Crippen molar-refractivity contribution >= 4 is 0 Å². The predicted octanol–water partition coefficient (Wildman–Crippen LogP) is 1.59. The number of ether oxygens (including phenoxy) is 1. The average Bonchev–Trinajstić information content (AvgIpc) is 2.79. The highest BCUT2D eigenvalue weighted by molar-refractivity contribution is 5.17. The zero-order chi connectivity index (χ0) is 24.1. The molecule has 174 valence electrons. The van der Waals surface area contributed by atoms with E-state index in [2.05, 4.69) is 15.0 Å². The highest BCUT2D eigenvalue weighted by atomic mass is 19.4. The molecule has 0 bridgehead atoms. The normalized spacial score (nSPS) is 10.4. The van der Waals surface area contributed by atoms with Crippen LogP contribution in [-0.4, -0.2) is 22.1 Å². The van der Waals surface area contributed by atoms with Crippen molar-refractivity contribution in [2.75, 3.05) is 7.11 Å². The van der Waals surface area contributed by atoms with Crippen molar-refractivity contribution in [2.45, 2.75) is 32.7 Å². The second kappa shape index (κ2) is 13.1. The fraction of sp³-hybridized carbons (Fsp3) is 0.300. The number of pyridine rings is 2. The summed E-state index contributed by atoms with van der Waals surface area (Å²) >= 11 is 0. The lowest BCUT2D eigenvalue weighted by atomic mass is 10.2. The molecule has 3 heterocycles. The standard InChI is InChI=1S/C7H7F3N2O.C7H10N2O.C6H9N3/c8-7(9,10)6-2-1-5(3-11)4-12(6)13;1-10-7-3-2-6(4-8)5-9-7;1-5-3-9-6(2-7)4-8-5/h1-2,4H,3,11H2;2-3,5H,4,8H2,1H3;3-4H,2,7H2,1H3. The zero-order valence-electron chi connectivity index (χ0n) is 17.7. The number of aromatic nitrogens is 4. The van der Waals surface area contributed by atoms with Gasteiger partial charge in [-0.05, 0) is 18.6 Å². The number of nitrogens with zero attached hydrogens (tertiary/aromatic N) is 4. The van der Waals surface area contributed by atoms with Crippen LogP contribution in [0.15, 0.2) is 49.1 Å². The number of hydrogen-bond donors (Lipinski definition) is 3. The fourth-order valence-electron chi connectivity index (χ4n) is 2.04. The van der Waals surface area contributed by atoms with E-state index >= 15 is 0 Å². The number of hydrogen-bond acceptors (Lipinski definition) is 8. The first-order valence-corrected chi connectivity index (χ1v) is 9.30. The molecule has 0 aliphatic heterocycles. The van der Waals surface area contributed by atoms with Crippen molar-refractivity contribution < 1.29 is 22.6 Å². The summed E-state index contributed by atoms with van der Waals surface area (Å²) in [6.07, 6.45) is 1.31. The molecule has 6 N–H and O–H groups in total. The van der Waals surface area contributed by atoms with Gasteiger partial charge in [0.15, 0.2) is 6.20 Å². The summed E-state index contributed by atoms with van der Waals surface area (Å²) in [7, 11) is 1.59. The van der Waals surface area contributed by atoms with Crippen LogP contribution in [0.4, 0.5) is 13.2 Å². The summed E-state index contributed by atoms with van der Waals surface area (Å²) < 4.78 is 40.7. The van der Waals surface area contributed by atoms with Crippen LogP contribution >= 0.6 is 0 Å². The van der Waals surface area contributed by atoms with E-state index in [1.165, 1.54) is 6.07 Å². The molecule has 0 fully saturated rings. The van der Waals surface area contributed by atoms with Crippen molar-refractivity contribution in [3.8, 4) is 5.88 Å². The number of nitrogens with two attached hydrogens (primary N) is 3. The molecule has 12 heteroatoms. The molecular formula is C20H26F3N7O2. The van der Waals surface area contributed by atoms with Gasteiger partial charge in [0.05, 0.1) is 18.5 Å². The van der Waals surface area contributed by atoms with Crippen LogP contribution in [0, 0.1) is 12.1 Å². The Labute approximate surface area is 183 Å². The molecular weight excluding hydrogens is 427 g/mol. The summed E-state index contributed by atoms with van der Waals surface area (Å²) in [6.45, 7) is 2.93. The van der Waals surface area contributed by atoms with Gasteiger partial charge in [0.2, 0.25) is 5.88 Å². The molecule has 0 amide bonds. The zero-order valence-corrected chi connectivity index (χ0v) is 17.7. The quantitative estimate of drug-likeness (QED) is 0.398. The second-order valence-corrected chi connectivity index (χ2v) is 6.22. The van der Waals surface area contributed by atoms with E-state index in [0.29, 0.717) is 24.5 Å². The summed E-state index contributed by atoms with van der Waals surface area (Å²) in [5, 5.41) is 10.8. The molecule has 0 saturated carbocycles. The third-order valence-corrected chi connectivity index (χ3v) is 3.79. The number of aryl methyl sites for hydroxylation is 1. The van der Waals surface area contributed by atoms with Crippen molar-refractivity contribution in [3.63, 3.8) is 0 Å². The van der Waals surface area contributed by atoms with Crippen LogP contribution in [0.25, 0.3) is 0 Å². The van der Waals surface area contributed by atoms with Gasteiger partial charge in [0.25, 0.3) is 5.69 Å². The summed E-state index contributed by atoms with van der Waals surface area (Å²) in [5.41, 5.74) is 17.7. The SMILES string of the molecule is COc1ccc(CN)cn1.Cc1cnc(CN)cn1.NCc1ccc(C(F)(F)F)[n+]([O-])c1. The first kappa shape index (κ1) is 26.7. The Kier molecular flexibility index (Phi) is 11.0. The summed E-state index contributed by atoms with van der Waals surface area (Å²) in [5.74, 6) is 0.622. The van der Waals surface area contributed by atoms with Crippen LogP contribution < -0.4 is 26.7 Å². The van der Waals surface area contributed by atoms with Crippen LogP contribution in [0.5, 0.6) is 5.88 Å². The van der Waals surface area contributed by atoms with E-state index in [4.69, 9.17) is 21.9 Å². The predicted molar refractivity (Wildman–Crippen MR) is 112 cm³/mol.